The minimum atomic E-state index is -0.0775. The van der Waals surface area contributed by atoms with Crippen LogP contribution in [0.3, 0.4) is 0 Å². The number of hydrogen-bond donors (Lipinski definition) is 2. The predicted octanol–water partition coefficient (Wildman–Crippen LogP) is 2.36. The third kappa shape index (κ3) is 5.56. The van der Waals surface area contributed by atoms with E-state index in [1.54, 1.807) is 6.08 Å². The molecule has 1 aromatic carbocycles. The van der Waals surface area contributed by atoms with E-state index in [4.69, 9.17) is 5.73 Å². The monoisotopic (exact) mass is 230 g/mol. The molecule has 0 radical (unpaired) electrons. The standard InChI is InChI=1S/C14H18N2O/c1-2-3-4-11-16-14(17)10-7-12-5-8-13(15)9-6-12/h2-3,5-10H,4,11,15H2,1H3,(H,16,17)/b3-2+,10-7+. The van der Waals surface area contributed by atoms with Gasteiger partial charge >= 0.3 is 0 Å². The third-order valence-electron chi connectivity index (χ3n) is 2.21. The summed E-state index contributed by atoms with van der Waals surface area (Å²) in [5.41, 5.74) is 7.25. The molecule has 0 saturated carbocycles. The number of allylic oxidation sites excluding steroid dienone is 1. The van der Waals surface area contributed by atoms with Crippen molar-refractivity contribution in [1.82, 2.24) is 5.32 Å². The summed E-state index contributed by atoms with van der Waals surface area (Å²) < 4.78 is 0. The first-order valence-corrected chi connectivity index (χ1v) is 5.65. The fourth-order valence-electron chi connectivity index (χ4n) is 1.28. The van der Waals surface area contributed by atoms with E-state index in [9.17, 15) is 4.79 Å². The second-order valence-corrected chi connectivity index (χ2v) is 3.65. The summed E-state index contributed by atoms with van der Waals surface area (Å²) in [6.45, 7) is 2.62. The van der Waals surface area contributed by atoms with Crippen molar-refractivity contribution >= 4 is 17.7 Å². The lowest BCUT2D eigenvalue weighted by Gasteiger charge is -1.98. The number of nitrogens with two attached hydrogens (primary N) is 1. The molecule has 0 aromatic heterocycles. The van der Waals surface area contributed by atoms with Gasteiger partial charge < -0.3 is 11.1 Å². The normalized spacial score (nSPS) is 11.1. The molecule has 0 fully saturated rings. The predicted molar refractivity (Wildman–Crippen MR) is 72.3 cm³/mol. The zero-order valence-electron chi connectivity index (χ0n) is 10.0. The van der Waals surface area contributed by atoms with Gasteiger partial charge in [-0.25, -0.2) is 0 Å². The van der Waals surface area contributed by atoms with Crippen LogP contribution in [0.2, 0.25) is 0 Å². The SMILES string of the molecule is C/C=C/CCNC(=O)/C=C/c1ccc(N)cc1. The smallest absolute Gasteiger partial charge is 0.244 e. The Kier molecular flexibility index (Phi) is 5.58. The van der Waals surface area contributed by atoms with Crippen LogP contribution < -0.4 is 11.1 Å². The minimum Gasteiger partial charge on any atom is -0.399 e. The van der Waals surface area contributed by atoms with Crippen LogP contribution in [-0.2, 0) is 4.79 Å². The third-order valence-corrected chi connectivity index (χ3v) is 2.21. The van der Waals surface area contributed by atoms with Gasteiger partial charge in [-0.15, -0.1) is 0 Å². The van der Waals surface area contributed by atoms with Crippen LogP contribution in [0.4, 0.5) is 5.69 Å². The number of nitrogen functional groups attached to an aromatic ring is 1. The quantitative estimate of drug-likeness (QED) is 0.353. The van der Waals surface area contributed by atoms with Gasteiger partial charge in [0.25, 0.3) is 0 Å². The van der Waals surface area contributed by atoms with Gasteiger partial charge in [0.15, 0.2) is 0 Å². The van der Waals surface area contributed by atoms with E-state index in [-0.39, 0.29) is 5.91 Å². The average molecular weight is 230 g/mol. The zero-order valence-corrected chi connectivity index (χ0v) is 10.0. The average Bonchev–Trinajstić information content (AvgIpc) is 2.34. The zero-order chi connectivity index (χ0) is 12.5. The Labute approximate surface area is 102 Å². The van der Waals surface area contributed by atoms with Crippen LogP contribution in [0, 0.1) is 0 Å². The number of benzene rings is 1. The molecule has 1 amide bonds. The van der Waals surface area contributed by atoms with Gasteiger partial charge in [0.05, 0.1) is 0 Å². The highest BCUT2D eigenvalue weighted by molar-refractivity contribution is 5.91. The van der Waals surface area contributed by atoms with Crippen molar-refractivity contribution in [3.63, 3.8) is 0 Å². The van der Waals surface area contributed by atoms with Gasteiger partial charge in [-0.3, -0.25) is 4.79 Å². The van der Waals surface area contributed by atoms with Gasteiger partial charge in [0.1, 0.15) is 0 Å². The minimum absolute atomic E-state index is 0.0775. The van der Waals surface area contributed by atoms with Gasteiger partial charge in [-0.2, -0.15) is 0 Å². The molecule has 3 N–H and O–H groups in total. The summed E-state index contributed by atoms with van der Waals surface area (Å²) in [5, 5.41) is 2.80. The van der Waals surface area contributed by atoms with E-state index in [2.05, 4.69) is 5.32 Å². The number of carbonyl (C=O) groups excluding carboxylic acids is 1. The van der Waals surface area contributed by atoms with Crippen molar-refractivity contribution in [2.75, 3.05) is 12.3 Å². The largest absolute Gasteiger partial charge is 0.399 e. The van der Waals surface area contributed by atoms with E-state index in [1.165, 1.54) is 6.08 Å². The molecular weight excluding hydrogens is 212 g/mol. The van der Waals surface area contributed by atoms with Crippen LogP contribution in [-0.4, -0.2) is 12.5 Å². The topological polar surface area (TPSA) is 55.1 Å². The summed E-state index contributed by atoms with van der Waals surface area (Å²) >= 11 is 0. The number of anilines is 1. The fourth-order valence-corrected chi connectivity index (χ4v) is 1.28. The van der Waals surface area contributed by atoms with Crippen molar-refractivity contribution in [2.24, 2.45) is 0 Å². The summed E-state index contributed by atoms with van der Waals surface area (Å²) in [5.74, 6) is -0.0775. The summed E-state index contributed by atoms with van der Waals surface area (Å²) in [7, 11) is 0. The molecule has 0 saturated heterocycles. The first kappa shape index (κ1) is 13.0. The molecule has 90 valence electrons. The molecule has 0 aliphatic heterocycles. The first-order valence-electron chi connectivity index (χ1n) is 5.65. The molecule has 0 bridgehead atoms. The Morgan fingerprint density at radius 2 is 2.06 bits per heavy atom. The lowest BCUT2D eigenvalue weighted by Crippen LogP contribution is -2.21. The molecule has 1 rings (SSSR count). The maximum atomic E-state index is 11.4. The molecule has 0 spiro atoms. The molecule has 3 nitrogen and oxygen atoms in total. The van der Waals surface area contributed by atoms with Gasteiger partial charge in [0.2, 0.25) is 5.91 Å². The van der Waals surface area contributed by atoms with E-state index in [0.29, 0.717) is 6.54 Å². The van der Waals surface area contributed by atoms with Gasteiger partial charge in [0, 0.05) is 18.3 Å². The number of nitrogens with one attached hydrogen (secondary N) is 1. The molecular formula is C14H18N2O. The molecule has 0 atom stereocenters. The van der Waals surface area contributed by atoms with E-state index < -0.39 is 0 Å². The summed E-state index contributed by atoms with van der Waals surface area (Å²) in [4.78, 5) is 11.4. The number of hydrogen-bond acceptors (Lipinski definition) is 2. The van der Waals surface area contributed by atoms with E-state index in [1.807, 2.05) is 43.3 Å². The van der Waals surface area contributed by atoms with E-state index in [0.717, 1.165) is 17.7 Å². The lowest BCUT2D eigenvalue weighted by atomic mass is 10.2. The van der Waals surface area contributed by atoms with Crippen LogP contribution >= 0.6 is 0 Å². The Morgan fingerprint density at radius 1 is 1.35 bits per heavy atom. The summed E-state index contributed by atoms with van der Waals surface area (Å²) in [6.07, 6.45) is 8.14. The maximum Gasteiger partial charge on any atom is 0.244 e. The first-order chi connectivity index (χ1) is 8.22. The van der Waals surface area contributed by atoms with Crippen molar-refractivity contribution in [3.8, 4) is 0 Å². The second-order valence-electron chi connectivity index (χ2n) is 3.65. The van der Waals surface area contributed by atoms with Crippen LogP contribution in [0.1, 0.15) is 18.9 Å². The second kappa shape index (κ2) is 7.28. The lowest BCUT2D eigenvalue weighted by molar-refractivity contribution is -0.116. The maximum absolute atomic E-state index is 11.4. The number of carbonyl (C=O) groups is 1. The number of rotatable bonds is 5. The van der Waals surface area contributed by atoms with Gasteiger partial charge in [-0.05, 0) is 37.1 Å². The molecule has 3 heteroatoms. The molecule has 0 heterocycles. The Hall–Kier alpha value is -2.03. The van der Waals surface area contributed by atoms with E-state index >= 15 is 0 Å². The van der Waals surface area contributed by atoms with Crippen molar-refractivity contribution < 1.29 is 4.79 Å². The molecule has 17 heavy (non-hydrogen) atoms. The molecule has 0 unspecified atom stereocenters. The Bertz CT molecular complexity index is 405. The Morgan fingerprint density at radius 3 is 2.71 bits per heavy atom. The molecule has 0 aliphatic carbocycles. The highest BCUT2D eigenvalue weighted by atomic mass is 16.1. The number of amides is 1. The molecule has 0 aliphatic rings. The van der Waals surface area contributed by atoms with Crippen LogP contribution in [0.5, 0.6) is 0 Å². The van der Waals surface area contributed by atoms with Crippen LogP contribution in [0.25, 0.3) is 6.08 Å². The fraction of sp³-hybridized carbons (Fsp3) is 0.214. The van der Waals surface area contributed by atoms with Crippen molar-refractivity contribution in [1.29, 1.82) is 0 Å². The molecule has 1 aromatic rings. The van der Waals surface area contributed by atoms with Gasteiger partial charge in [-0.1, -0.05) is 24.3 Å². The highest BCUT2D eigenvalue weighted by Gasteiger charge is 1.93. The van der Waals surface area contributed by atoms with Crippen molar-refractivity contribution in [2.45, 2.75) is 13.3 Å². The highest BCUT2D eigenvalue weighted by Crippen LogP contribution is 2.06. The van der Waals surface area contributed by atoms with Crippen molar-refractivity contribution in [3.05, 3.63) is 48.1 Å². The summed E-state index contributed by atoms with van der Waals surface area (Å²) in [6, 6.07) is 7.37. The Balaban J connectivity index is 2.37. The van der Waals surface area contributed by atoms with Crippen LogP contribution in [0.15, 0.2) is 42.5 Å².